The molecule has 4 rings (SSSR count). The van der Waals surface area contributed by atoms with Gasteiger partial charge in [0.2, 0.25) is 5.91 Å². The third-order valence-corrected chi connectivity index (χ3v) is 5.14. The van der Waals surface area contributed by atoms with E-state index in [0.29, 0.717) is 16.9 Å². The lowest BCUT2D eigenvalue weighted by molar-refractivity contribution is -0.137. The number of rotatable bonds is 6. The zero-order chi connectivity index (χ0) is 26.0. The molecule has 0 atom stereocenters. The average molecular weight is 499 g/mol. The average Bonchev–Trinajstić information content (AvgIpc) is 3.13. The first-order chi connectivity index (χ1) is 17.1. The summed E-state index contributed by atoms with van der Waals surface area (Å²) in [7, 11) is 0. The van der Waals surface area contributed by atoms with E-state index in [1.54, 1.807) is 13.8 Å². The fourth-order valence-electron chi connectivity index (χ4n) is 3.50. The van der Waals surface area contributed by atoms with Crippen LogP contribution in [0.3, 0.4) is 0 Å². The van der Waals surface area contributed by atoms with E-state index in [0.717, 1.165) is 21.2 Å². The van der Waals surface area contributed by atoms with E-state index in [-0.39, 0.29) is 23.6 Å². The highest BCUT2D eigenvalue weighted by atomic mass is 19.4. The highest BCUT2D eigenvalue weighted by Crippen LogP contribution is 2.30. The number of hydrogen-bond acceptors (Lipinski definition) is 6. The number of nitrogens with one attached hydrogen (secondary N) is 1. The highest BCUT2D eigenvalue weighted by molar-refractivity contribution is 5.93. The SMILES string of the molecule is CCOC(=O)c1ccc(NC(=O)Cn2nc3cc(C)nc(-c4ccc(C(F)(F)F)cc4)n3c2=O)cc1. The third kappa shape index (κ3) is 5.11. The molecule has 36 heavy (non-hydrogen) atoms. The summed E-state index contributed by atoms with van der Waals surface area (Å²) >= 11 is 0. The van der Waals surface area contributed by atoms with Crippen LogP contribution in [0.15, 0.2) is 59.4 Å². The van der Waals surface area contributed by atoms with Crippen molar-refractivity contribution >= 4 is 23.2 Å². The molecule has 0 spiro atoms. The lowest BCUT2D eigenvalue weighted by Crippen LogP contribution is -2.28. The maximum Gasteiger partial charge on any atom is 0.416 e. The maximum absolute atomic E-state index is 13.0. The number of carbonyl (C=O) groups excluding carboxylic acids is 2. The van der Waals surface area contributed by atoms with Crippen LogP contribution in [-0.4, -0.2) is 37.6 Å². The molecule has 186 valence electrons. The van der Waals surface area contributed by atoms with Crippen LogP contribution in [0.5, 0.6) is 0 Å². The van der Waals surface area contributed by atoms with E-state index in [9.17, 15) is 27.6 Å². The van der Waals surface area contributed by atoms with Crippen LogP contribution in [-0.2, 0) is 22.3 Å². The van der Waals surface area contributed by atoms with Crippen LogP contribution < -0.4 is 11.0 Å². The molecule has 2 aromatic heterocycles. The Hall–Kier alpha value is -4.48. The second kappa shape index (κ2) is 9.64. The lowest BCUT2D eigenvalue weighted by Gasteiger charge is -2.08. The first-order valence-electron chi connectivity index (χ1n) is 10.8. The zero-order valence-corrected chi connectivity index (χ0v) is 19.2. The number of benzene rings is 2. The first-order valence-corrected chi connectivity index (χ1v) is 10.8. The molecule has 0 bridgehead atoms. The fraction of sp³-hybridized carbons (Fsp3) is 0.208. The summed E-state index contributed by atoms with van der Waals surface area (Å²) in [6.45, 7) is 3.16. The number of amides is 1. The summed E-state index contributed by atoms with van der Waals surface area (Å²) in [5.74, 6) is -0.936. The largest absolute Gasteiger partial charge is 0.462 e. The predicted octanol–water partition coefficient (Wildman–Crippen LogP) is 3.70. The molecule has 1 amide bonds. The van der Waals surface area contributed by atoms with E-state index >= 15 is 0 Å². The van der Waals surface area contributed by atoms with Crippen LogP contribution in [0.2, 0.25) is 0 Å². The number of nitrogens with zero attached hydrogens (tertiary/aromatic N) is 4. The Bertz CT molecular complexity index is 1490. The van der Waals surface area contributed by atoms with Gasteiger partial charge in [0.05, 0.1) is 17.7 Å². The van der Waals surface area contributed by atoms with E-state index in [4.69, 9.17) is 4.74 Å². The molecule has 0 aliphatic heterocycles. The molecule has 9 nitrogen and oxygen atoms in total. The number of anilines is 1. The van der Waals surface area contributed by atoms with Gasteiger partial charge in [-0.2, -0.15) is 13.2 Å². The van der Waals surface area contributed by atoms with Gasteiger partial charge in [0.1, 0.15) is 12.4 Å². The summed E-state index contributed by atoms with van der Waals surface area (Å²) in [5.41, 5.74) is 0.169. The Morgan fingerprint density at radius 1 is 1.06 bits per heavy atom. The van der Waals surface area contributed by atoms with Gasteiger partial charge in [-0.25, -0.2) is 23.7 Å². The molecule has 0 saturated carbocycles. The van der Waals surface area contributed by atoms with Crippen molar-refractivity contribution in [2.24, 2.45) is 0 Å². The number of aryl methyl sites for hydroxylation is 1. The molecule has 0 aliphatic carbocycles. The van der Waals surface area contributed by atoms with E-state index in [1.165, 1.54) is 42.5 Å². The maximum atomic E-state index is 13.0. The Balaban J connectivity index is 1.59. The topological polar surface area (TPSA) is 108 Å². The molecule has 4 aromatic rings. The van der Waals surface area contributed by atoms with Crippen molar-refractivity contribution in [3.8, 4) is 11.4 Å². The molecular formula is C24H20F3N5O4. The van der Waals surface area contributed by atoms with Crippen LogP contribution in [0.4, 0.5) is 18.9 Å². The zero-order valence-electron chi connectivity index (χ0n) is 19.2. The molecule has 0 saturated heterocycles. The van der Waals surface area contributed by atoms with Gasteiger partial charge in [0, 0.05) is 23.0 Å². The Kier molecular flexibility index (Phi) is 6.60. The fourth-order valence-corrected chi connectivity index (χ4v) is 3.50. The summed E-state index contributed by atoms with van der Waals surface area (Å²) in [5, 5.41) is 6.80. The Labute approximate surface area is 202 Å². The summed E-state index contributed by atoms with van der Waals surface area (Å²) in [4.78, 5) is 41.6. The summed E-state index contributed by atoms with van der Waals surface area (Å²) in [6.07, 6.45) is -4.50. The number of alkyl halides is 3. The van der Waals surface area contributed by atoms with Crippen LogP contribution in [0, 0.1) is 6.92 Å². The number of aromatic nitrogens is 4. The quantitative estimate of drug-likeness (QED) is 0.406. The van der Waals surface area contributed by atoms with Crippen molar-refractivity contribution in [3.63, 3.8) is 0 Å². The van der Waals surface area contributed by atoms with Gasteiger partial charge in [-0.3, -0.25) is 4.79 Å². The lowest BCUT2D eigenvalue weighted by atomic mass is 10.1. The van der Waals surface area contributed by atoms with Crippen molar-refractivity contribution in [2.75, 3.05) is 11.9 Å². The number of carbonyl (C=O) groups is 2. The molecule has 0 aliphatic rings. The molecule has 12 heteroatoms. The van der Waals surface area contributed by atoms with Gasteiger partial charge in [-0.05, 0) is 50.2 Å². The van der Waals surface area contributed by atoms with E-state index < -0.39 is 35.9 Å². The molecule has 2 heterocycles. The molecule has 1 N–H and O–H groups in total. The normalized spacial score (nSPS) is 11.5. The van der Waals surface area contributed by atoms with Crippen molar-refractivity contribution in [2.45, 2.75) is 26.6 Å². The van der Waals surface area contributed by atoms with Crippen LogP contribution >= 0.6 is 0 Å². The van der Waals surface area contributed by atoms with Gasteiger partial charge in [0.15, 0.2) is 5.65 Å². The third-order valence-electron chi connectivity index (χ3n) is 5.14. The van der Waals surface area contributed by atoms with Crippen LogP contribution in [0.1, 0.15) is 28.5 Å². The number of fused-ring (bicyclic) bond motifs is 1. The number of hydrogen-bond donors (Lipinski definition) is 1. The van der Waals surface area contributed by atoms with Crippen molar-refractivity contribution < 1.29 is 27.5 Å². The highest BCUT2D eigenvalue weighted by Gasteiger charge is 2.30. The van der Waals surface area contributed by atoms with Gasteiger partial charge in [0.25, 0.3) is 0 Å². The van der Waals surface area contributed by atoms with Gasteiger partial charge >= 0.3 is 17.8 Å². The minimum absolute atomic E-state index is 0.102. The van der Waals surface area contributed by atoms with Crippen LogP contribution in [0.25, 0.3) is 17.0 Å². The Morgan fingerprint density at radius 2 is 1.72 bits per heavy atom. The number of ether oxygens (including phenoxy) is 1. The summed E-state index contributed by atoms with van der Waals surface area (Å²) < 4.78 is 45.8. The molecule has 0 radical (unpaired) electrons. The molecular weight excluding hydrogens is 479 g/mol. The van der Waals surface area contributed by atoms with Crippen molar-refractivity contribution in [1.29, 1.82) is 0 Å². The minimum atomic E-state index is -4.50. The van der Waals surface area contributed by atoms with Crippen molar-refractivity contribution in [3.05, 3.63) is 81.9 Å². The monoisotopic (exact) mass is 499 g/mol. The minimum Gasteiger partial charge on any atom is -0.462 e. The standard InChI is InChI=1S/C24H20F3N5O4/c1-3-36-22(34)16-6-10-18(11-7-16)29-20(33)13-31-23(35)32-19(30-31)12-14(2)28-21(32)15-4-8-17(9-5-15)24(25,26)27/h4-12H,3,13H2,1-2H3,(H,29,33). The predicted molar refractivity (Wildman–Crippen MR) is 123 cm³/mol. The summed E-state index contributed by atoms with van der Waals surface area (Å²) in [6, 6.07) is 11.8. The molecule has 0 unspecified atom stereocenters. The smallest absolute Gasteiger partial charge is 0.416 e. The van der Waals surface area contributed by atoms with Crippen molar-refractivity contribution in [1.82, 2.24) is 19.2 Å². The molecule has 2 aromatic carbocycles. The second-order valence-corrected chi connectivity index (χ2v) is 7.78. The first kappa shape index (κ1) is 24.6. The van der Waals surface area contributed by atoms with E-state index in [2.05, 4.69) is 15.4 Å². The Morgan fingerprint density at radius 3 is 2.33 bits per heavy atom. The van der Waals surface area contributed by atoms with Gasteiger partial charge < -0.3 is 10.1 Å². The number of halogens is 3. The van der Waals surface area contributed by atoms with Gasteiger partial charge in [-0.15, -0.1) is 5.10 Å². The second-order valence-electron chi connectivity index (χ2n) is 7.78. The van der Waals surface area contributed by atoms with Gasteiger partial charge in [-0.1, -0.05) is 12.1 Å². The molecule has 0 fully saturated rings. The van der Waals surface area contributed by atoms with E-state index in [1.807, 2.05) is 0 Å². The number of esters is 1.